The Hall–Kier alpha value is -0.900. The van der Waals surface area contributed by atoms with E-state index in [1.165, 1.54) is 6.92 Å². The molecule has 0 spiro atoms. The molecule has 0 bridgehead atoms. The van der Waals surface area contributed by atoms with Crippen molar-refractivity contribution in [1.29, 1.82) is 0 Å². The molecule has 1 aliphatic carbocycles. The average Bonchev–Trinajstić information content (AvgIpc) is 2.08. The summed E-state index contributed by atoms with van der Waals surface area (Å²) in [6, 6.07) is 0. The Balaban J connectivity index is 2.38. The summed E-state index contributed by atoms with van der Waals surface area (Å²) in [4.78, 5) is 21.4. The molecule has 0 aromatic heterocycles. The van der Waals surface area contributed by atoms with Crippen molar-refractivity contribution in [3.8, 4) is 0 Å². The molecule has 1 rings (SSSR count). The average molecular weight is 186 g/mol. The van der Waals surface area contributed by atoms with Gasteiger partial charge in [0.25, 0.3) is 0 Å². The van der Waals surface area contributed by atoms with E-state index in [0.717, 1.165) is 0 Å². The van der Waals surface area contributed by atoms with Gasteiger partial charge in [-0.1, -0.05) is 0 Å². The van der Waals surface area contributed by atoms with Crippen molar-refractivity contribution < 1.29 is 19.4 Å². The molecule has 0 aliphatic heterocycles. The SMILES string of the molecule is CC(=O)OCC1(O)CCC(=O)CC1. The largest absolute Gasteiger partial charge is 0.463 e. The molecule has 0 heterocycles. The molecule has 0 saturated heterocycles. The second-order valence-corrected chi connectivity index (χ2v) is 3.54. The Morgan fingerprint density at radius 1 is 1.54 bits per heavy atom. The van der Waals surface area contributed by atoms with Crippen molar-refractivity contribution in [2.24, 2.45) is 0 Å². The molecule has 4 heteroatoms. The van der Waals surface area contributed by atoms with Crippen LogP contribution in [0.15, 0.2) is 0 Å². The standard InChI is InChI=1S/C9H14O4/c1-7(10)13-6-9(12)4-2-8(11)3-5-9/h12H,2-6H2,1H3. The fraction of sp³-hybridized carbons (Fsp3) is 0.778. The summed E-state index contributed by atoms with van der Waals surface area (Å²) in [6.07, 6.45) is 1.58. The van der Waals surface area contributed by atoms with Gasteiger partial charge in [0.05, 0.1) is 5.60 Å². The number of hydrogen-bond donors (Lipinski definition) is 1. The number of ether oxygens (including phenoxy) is 1. The van der Waals surface area contributed by atoms with Crippen LogP contribution in [-0.2, 0) is 14.3 Å². The summed E-state index contributed by atoms with van der Waals surface area (Å²) in [5.74, 6) is -0.224. The zero-order chi connectivity index (χ0) is 9.90. The second kappa shape index (κ2) is 3.87. The maximum absolute atomic E-state index is 10.9. The molecular formula is C9H14O4. The molecule has 4 nitrogen and oxygen atoms in total. The Morgan fingerprint density at radius 2 is 2.08 bits per heavy atom. The van der Waals surface area contributed by atoms with Crippen molar-refractivity contribution in [1.82, 2.24) is 0 Å². The smallest absolute Gasteiger partial charge is 0.302 e. The first-order valence-corrected chi connectivity index (χ1v) is 4.39. The third kappa shape index (κ3) is 3.14. The number of carbonyl (C=O) groups is 2. The molecule has 0 unspecified atom stereocenters. The summed E-state index contributed by atoms with van der Waals surface area (Å²) in [5, 5.41) is 9.81. The van der Waals surface area contributed by atoms with Gasteiger partial charge in [0.2, 0.25) is 0 Å². The summed E-state index contributed by atoms with van der Waals surface area (Å²) < 4.78 is 4.72. The van der Waals surface area contributed by atoms with E-state index < -0.39 is 11.6 Å². The third-order valence-electron chi connectivity index (χ3n) is 2.28. The molecule has 0 atom stereocenters. The van der Waals surface area contributed by atoms with Crippen LogP contribution in [0.2, 0.25) is 0 Å². The predicted octanol–water partition coefficient (Wildman–Crippen LogP) is 0.424. The van der Waals surface area contributed by atoms with Crippen molar-refractivity contribution in [2.75, 3.05) is 6.61 Å². The summed E-state index contributed by atoms with van der Waals surface area (Å²) in [6.45, 7) is 1.31. The number of esters is 1. The van der Waals surface area contributed by atoms with Crippen molar-refractivity contribution in [3.63, 3.8) is 0 Å². The Morgan fingerprint density at radius 3 is 2.54 bits per heavy atom. The van der Waals surface area contributed by atoms with Gasteiger partial charge in [0.15, 0.2) is 0 Å². The van der Waals surface area contributed by atoms with Gasteiger partial charge in [-0.25, -0.2) is 0 Å². The van der Waals surface area contributed by atoms with Gasteiger partial charge in [0.1, 0.15) is 12.4 Å². The van der Waals surface area contributed by atoms with Gasteiger partial charge >= 0.3 is 5.97 Å². The molecule has 0 aromatic rings. The molecule has 0 aromatic carbocycles. The fourth-order valence-corrected chi connectivity index (χ4v) is 1.37. The van der Waals surface area contributed by atoms with Gasteiger partial charge in [-0.3, -0.25) is 9.59 Å². The molecule has 0 amide bonds. The topological polar surface area (TPSA) is 63.6 Å². The van der Waals surface area contributed by atoms with Gasteiger partial charge < -0.3 is 9.84 Å². The molecule has 1 saturated carbocycles. The van der Waals surface area contributed by atoms with Gasteiger partial charge in [-0.05, 0) is 12.8 Å². The van der Waals surface area contributed by atoms with E-state index >= 15 is 0 Å². The first kappa shape index (κ1) is 10.2. The number of carbonyl (C=O) groups excluding carboxylic acids is 2. The van der Waals surface area contributed by atoms with E-state index in [2.05, 4.69) is 0 Å². The number of ketones is 1. The maximum atomic E-state index is 10.9. The van der Waals surface area contributed by atoms with E-state index in [9.17, 15) is 14.7 Å². The Kier molecular flexibility index (Phi) is 3.03. The van der Waals surface area contributed by atoms with Crippen LogP contribution in [-0.4, -0.2) is 29.1 Å². The highest BCUT2D eigenvalue weighted by molar-refractivity contribution is 5.79. The summed E-state index contributed by atoms with van der Waals surface area (Å²) in [7, 11) is 0. The van der Waals surface area contributed by atoms with Crippen molar-refractivity contribution in [3.05, 3.63) is 0 Å². The molecule has 1 fully saturated rings. The highest BCUT2D eigenvalue weighted by Crippen LogP contribution is 2.26. The minimum Gasteiger partial charge on any atom is -0.463 e. The van der Waals surface area contributed by atoms with Crippen LogP contribution >= 0.6 is 0 Å². The lowest BCUT2D eigenvalue weighted by atomic mass is 9.85. The van der Waals surface area contributed by atoms with Crippen LogP contribution < -0.4 is 0 Å². The van der Waals surface area contributed by atoms with E-state index in [4.69, 9.17) is 4.74 Å². The van der Waals surface area contributed by atoms with Crippen LogP contribution in [0.5, 0.6) is 0 Å². The molecule has 0 radical (unpaired) electrons. The van der Waals surface area contributed by atoms with Crippen LogP contribution in [0.3, 0.4) is 0 Å². The quantitative estimate of drug-likeness (QED) is 0.635. The fourth-order valence-electron chi connectivity index (χ4n) is 1.37. The first-order valence-electron chi connectivity index (χ1n) is 4.39. The van der Waals surface area contributed by atoms with E-state index in [1.807, 2.05) is 0 Å². The predicted molar refractivity (Wildman–Crippen MR) is 45.1 cm³/mol. The number of Topliss-reactive ketones (excluding diaryl/α,β-unsaturated/α-hetero) is 1. The third-order valence-corrected chi connectivity index (χ3v) is 2.28. The number of aliphatic hydroxyl groups is 1. The van der Waals surface area contributed by atoms with E-state index in [0.29, 0.717) is 25.7 Å². The number of hydrogen-bond acceptors (Lipinski definition) is 4. The highest BCUT2D eigenvalue weighted by Gasteiger charge is 2.33. The van der Waals surface area contributed by atoms with E-state index in [1.54, 1.807) is 0 Å². The normalized spacial score (nSPS) is 21.2. The number of rotatable bonds is 2. The maximum Gasteiger partial charge on any atom is 0.302 e. The Bertz CT molecular complexity index is 212. The van der Waals surface area contributed by atoms with Crippen molar-refractivity contribution in [2.45, 2.75) is 38.2 Å². The minimum atomic E-state index is -0.973. The van der Waals surface area contributed by atoms with Gasteiger partial charge in [0, 0.05) is 19.8 Å². The summed E-state index contributed by atoms with van der Waals surface area (Å²) >= 11 is 0. The van der Waals surface area contributed by atoms with Gasteiger partial charge in [-0.15, -0.1) is 0 Å². The molecule has 1 aliphatic rings. The Labute approximate surface area is 76.9 Å². The van der Waals surface area contributed by atoms with Crippen LogP contribution in [0.4, 0.5) is 0 Å². The van der Waals surface area contributed by atoms with E-state index in [-0.39, 0.29) is 12.4 Å². The second-order valence-electron chi connectivity index (χ2n) is 3.54. The molecule has 74 valence electrons. The lowest BCUT2D eigenvalue weighted by Crippen LogP contribution is -2.39. The zero-order valence-corrected chi connectivity index (χ0v) is 7.71. The minimum absolute atomic E-state index is 0.00954. The monoisotopic (exact) mass is 186 g/mol. The molecular weight excluding hydrogens is 172 g/mol. The van der Waals surface area contributed by atoms with Crippen LogP contribution in [0, 0.1) is 0 Å². The molecule has 1 N–H and O–H groups in total. The van der Waals surface area contributed by atoms with Crippen molar-refractivity contribution >= 4 is 11.8 Å². The van der Waals surface area contributed by atoms with Crippen LogP contribution in [0.1, 0.15) is 32.6 Å². The zero-order valence-electron chi connectivity index (χ0n) is 7.71. The molecule has 13 heavy (non-hydrogen) atoms. The van der Waals surface area contributed by atoms with Gasteiger partial charge in [-0.2, -0.15) is 0 Å². The van der Waals surface area contributed by atoms with Crippen LogP contribution in [0.25, 0.3) is 0 Å². The summed E-state index contributed by atoms with van der Waals surface area (Å²) in [5.41, 5.74) is -0.973. The highest BCUT2D eigenvalue weighted by atomic mass is 16.5. The lowest BCUT2D eigenvalue weighted by molar-refractivity contribution is -0.151. The first-order chi connectivity index (χ1) is 6.02. The lowest BCUT2D eigenvalue weighted by Gasteiger charge is -2.30.